The molecule has 0 fully saturated rings. The zero-order valence-corrected chi connectivity index (χ0v) is 12.8. The molecule has 0 atom stereocenters. The van der Waals surface area contributed by atoms with Crippen molar-refractivity contribution < 1.29 is 14.7 Å². The zero-order chi connectivity index (χ0) is 16.4. The first kappa shape index (κ1) is 14.8. The summed E-state index contributed by atoms with van der Waals surface area (Å²) in [6.07, 6.45) is 4.77. The van der Waals surface area contributed by atoms with Crippen LogP contribution in [-0.2, 0) is 4.74 Å². The van der Waals surface area contributed by atoms with Gasteiger partial charge in [-0.2, -0.15) is 5.10 Å². The van der Waals surface area contributed by atoms with Crippen LogP contribution in [0.15, 0.2) is 35.7 Å². The Morgan fingerprint density at radius 2 is 2.35 bits per heavy atom. The fourth-order valence-electron chi connectivity index (χ4n) is 2.44. The summed E-state index contributed by atoms with van der Waals surface area (Å²) in [6.45, 7) is 3.85. The second-order valence-corrected chi connectivity index (χ2v) is 5.01. The molecular formula is C16H16N4O3. The molecule has 3 aromatic rings. The second kappa shape index (κ2) is 5.96. The number of aromatic nitrogens is 3. The van der Waals surface area contributed by atoms with E-state index in [2.05, 4.69) is 15.2 Å². The van der Waals surface area contributed by atoms with Gasteiger partial charge in [-0.05, 0) is 32.0 Å². The Balaban J connectivity index is 2.05. The van der Waals surface area contributed by atoms with Crippen molar-refractivity contribution in [2.75, 3.05) is 6.61 Å². The van der Waals surface area contributed by atoms with E-state index in [0.29, 0.717) is 17.9 Å². The molecule has 0 spiro atoms. The lowest BCUT2D eigenvalue weighted by atomic mass is 10.1. The van der Waals surface area contributed by atoms with Crippen LogP contribution in [0.2, 0.25) is 0 Å². The summed E-state index contributed by atoms with van der Waals surface area (Å²) in [5, 5.41) is 17.1. The number of rotatable bonds is 4. The summed E-state index contributed by atoms with van der Waals surface area (Å²) >= 11 is 0. The largest absolute Gasteiger partial charge is 0.462 e. The Labute approximate surface area is 132 Å². The van der Waals surface area contributed by atoms with Crippen molar-refractivity contribution in [3.8, 4) is 5.69 Å². The molecule has 0 aliphatic rings. The Kier molecular flexibility index (Phi) is 3.84. The highest BCUT2D eigenvalue weighted by Gasteiger charge is 2.15. The van der Waals surface area contributed by atoms with Gasteiger partial charge < -0.3 is 14.9 Å². The van der Waals surface area contributed by atoms with Crippen molar-refractivity contribution >= 4 is 23.1 Å². The van der Waals surface area contributed by atoms with Gasteiger partial charge in [-0.25, -0.2) is 9.48 Å². The number of aromatic amines is 1. The predicted octanol–water partition coefficient (Wildman–Crippen LogP) is 2.65. The van der Waals surface area contributed by atoms with Crippen LogP contribution in [0.5, 0.6) is 0 Å². The molecule has 0 saturated carbocycles. The highest BCUT2D eigenvalue weighted by atomic mass is 16.5. The molecule has 0 saturated heterocycles. The number of carbonyl (C=O) groups excluding carboxylic acids is 1. The van der Waals surface area contributed by atoms with Gasteiger partial charge >= 0.3 is 5.97 Å². The van der Waals surface area contributed by atoms with E-state index in [1.165, 1.54) is 6.21 Å². The van der Waals surface area contributed by atoms with Gasteiger partial charge in [0.15, 0.2) is 0 Å². The number of carbonyl (C=O) groups is 1. The zero-order valence-electron chi connectivity index (χ0n) is 12.8. The monoisotopic (exact) mass is 312 g/mol. The van der Waals surface area contributed by atoms with Crippen LogP contribution in [0.4, 0.5) is 0 Å². The van der Waals surface area contributed by atoms with Gasteiger partial charge in [0.2, 0.25) is 0 Å². The summed E-state index contributed by atoms with van der Waals surface area (Å²) in [4.78, 5) is 15.0. The average molecular weight is 312 g/mol. The summed E-state index contributed by atoms with van der Waals surface area (Å²) in [5.74, 6) is -0.382. The predicted molar refractivity (Wildman–Crippen MR) is 85.5 cm³/mol. The van der Waals surface area contributed by atoms with Crippen molar-refractivity contribution in [2.45, 2.75) is 13.8 Å². The smallest absolute Gasteiger partial charge is 0.341 e. The number of ether oxygens (including phenoxy) is 1. The quantitative estimate of drug-likeness (QED) is 0.335. The Morgan fingerprint density at radius 3 is 3.09 bits per heavy atom. The maximum atomic E-state index is 11.9. The Morgan fingerprint density at radius 1 is 1.52 bits per heavy atom. The number of hydrogen-bond donors (Lipinski definition) is 2. The SMILES string of the molecule is CCOC(=O)c1cn(-c2ccc3[nH]cc(/C=N/O)c3c2)nc1C. The van der Waals surface area contributed by atoms with Crippen molar-refractivity contribution in [2.24, 2.45) is 5.16 Å². The molecule has 3 rings (SSSR count). The molecule has 0 bridgehead atoms. The number of fused-ring (bicyclic) bond motifs is 1. The number of benzene rings is 1. The molecule has 0 radical (unpaired) electrons. The minimum atomic E-state index is -0.382. The first-order valence-electron chi connectivity index (χ1n) is 7.16. The maximum Gasteiger partial charge on any atom is 0.341 e. The summed E-state index contributed by atoms with van der Waals surface area (Å²) in [5.41, 5.74) is 3.52. The third-order valence-corrected chi connectivity index (χ3v) is 3.55. The standard InChI is InChI=1S/C16H16N4O3/c1-3-23-16(21)14-9-20(19-10(14)2)12-4-5-15-13(6-12)11(7-17-15)8-18-22/h4-9,17,22H,3H2,1-2H3/b18-8+. The average Bonchev–Trinajstić information content (AvgIpc) is 3.11. The van der Waals surface area contributed by atoms with E-state index in [9.17, 15) is 4.79 Å². The third kappa shape index (κ3) is 2.68. The Bertz CT molecular complexity index is 892. The van der Waals surface area contributed by atoms with Crippen LogP contribution in [-0.4, -0.2) is 38.8 Å². The molecule has 118 valence electrons. The van der Waals surface area contributed by atoms with Crippen molar-refractivity contribution in [1.82, 2.24) is 14.8 Å². The van der Waals surface area contributed by atoms with Gasteiger partial charge in [0.05, 0.1) is 24.2 Å². The number of oxime groups is 1. The maximum absolute atomic E-state index is 11.9. The molecule has 7 heteroatoms. The third-order valence-electron chi connectivity index (χ3n) is 3.55. The van der Waals surface area contributed by atoms with Crippen molar-refractivity contribution in [3.05, 3.63) is 47.4 Å². The molecule has 2 heterocycles. The molecule has 2 aromatic heterocycles. The topological polar surface area (TPSA) is 92.5 Å². The van der Waals surface area contributed by atoms with E-state index in [4.69, 9.17) is 9.94 Å². The van der Waals surface area contributed by atoms with Crippen LogP contribution in [0.25, 0.3) is 16.6 Å². The lowest BCUT2D eigenvalue weighted by molar-refractivity contribution is 0.0525. The van der Waals surface area contributed by atoms with Gasteiger partial charge in [0, 0.05) is 28.9 Å². The van der Waals surface area contributed by atoms with Gasteiger partial charge in [-0.3, -0.25) is 0 Å². The molecule has 0 amide bonds. The van der Waals surface area contributed by atoms with E-state index in [0.717, 1.165) is 22.2 Å². The fraction of sp³-hybridized carbons (Fsp3) is 0.188. The summed E-state index contributed by atoms with van der Waals surface area (Å²) in [7, 11) is 0. The van der Waals surface area contributed by atoms with E-state index in [-0.39, 0.29) is 5.97 Å². The molecule has 7 nitrogen and oxygen atoms in total. The molecule has 0 aliphatic heterocycles. The first-order chi connectivity index (χ1) is 11.1. The lowest BCUT2D eigenvalue weighted by Gasteiger charge is -2.02. The highest BCUT2D eigenvalue weighted by Crippen LogP contribution is 2.21. The molecule has 0 aliphatic carbocycles. The van der Waals surface area contributed by atoms with Gasteiger partial charge in [0.1, 0.15) is 5.56 Å². The Hall–Kier alpha value is -3.09. The number of hydrogen-bond acceptors (Lipinski definition) is 5. The fourth-order valence-corrected chi connectivity index (χ4v) is 2.44. The van der Waals surface area contributed by atoms with E-state index < -0.39 is 0 Å². The molecule has 0 unspecified atom stereocenters. The van der Waals surface area contributed by atoms with Crippen molar-refractivity contribution in [3.63, 3.8) is 0 Å². The van der Waals surface area contributed by atoms with E-state index in [1.807, 2.05) is 18.2 Å². The number of nitrogens with one attached hydrogen (secondary N) is 1. The number of esters is 1. The van der Waals surface area contributed by atoms with Gasteiger partial charge in [0.25, 0.3) is 0 Å². The van der Waals surface area contributed by atoms with Crippen molar-refractivity contribution in [1.29, 1.82) is 0 Å². The van der Waals surface area contributed by atoms with E-state index in [1.54, 1.807) is 30.9 Å². The van der Waals surface area contributed by atoms with Crippen LogP contribution >= 0.6 is 0 Å². The summed E-state index contributed by atoms with van der Waals surface area (Å²) in [6, 6.07) is 5.70. The molecule has 23 heavy (non-hydrogen) atoms. The molecule has 1 aromatic carbocycles. The van der Waals surface area contributed by atoms with Gasteiger partial charge in [-0.1, -0.05) is 5.16 Å². The van der Waals surface area contributed by atoms with E-state index >= 15 is 0 Å². The normalized spacial score (nSPS) is 11.4. The van der Waals surface area contributed by atoms with Gasteiger partial charge in [-0.15, -0.1) is 0 Å². The highest BCUT2D eigenvalue weighted by molar-refractivity contribution is 5.99. The minimum absolute atomic E-state index is 0.322. The number of H-pyrrole nitrogens is 1. The molecular weight excluding hydrogens is 296 g/mol. The van der Waals surface area contributed by atoms with Crippen LogP contribution < -0.4 is 0 Å². The number of nitrogens with zero attached hydrogens (tertiary/aromatic N) is 3. The van der Waals surface area contributed by atoms with Crippen LogP contribution in [0, 0.1) is 6.92 Å². The van der Waals surface area contributed by atoms with Crippen LogP contribution in [0.3, 0.4) is 0 Å². The summed E-state index contributed by atoms with van der Waals surface area (Å²) < 4.78 is 6.66. The number of aryl methyl sites for hydroxylation is 1. The van der Waals surface area contributed by atoms with Crippen LogP contribution in [0.1, 0.15) is 28.5 Å². The first-order valence-corrected chi connectivity index (χ1v) is 7.16. The lowest BCUT2D eigenvalue weighted by Crippen LogP contribution is -2.04. The second-order valence-electron chi connectivity index (χ2n) is 5.01. The molecule has 2 N–H and O–H groups in total. The minimum Gasteiger partial charge on any atom is -0.462 e.